The van der Waals surface area contributed by atoms with Crippen LogP contribution in [0.15, 0.2) is 211 Å². The lowest BCUT2D eigenvalue weighted by atomic mass is 9.78. The zero-order chi connectivity index (χ0) is 57.6. The minimum Gasteiger partial charge on any atom is -0.505 e. The summed E-state index contributed by atoms with van der Waals surface area (Å²) < 4.78 is 7.24. The van der Waals surface area contributed by atoms with Crippen LogP contribution in [-0.2, 0) is 6.42 Å². The van der Waals surface area contributed by atoms with Gasteiger partial charge in [0, 0.05) is 44.0 Å². The molecular weight excluding hydrogens is 1020 g/mol. The van der Waals surface area contributed by atoms with Crippen molar-refractivity contribution < 1.29 is 9.52 Å². The minimum atomic E-state index is 0.249. The van der Waals surface area contributed by atoms with Gasteiger partial charge in [-0.25, -0.2) is 0 Å². The number of hydrogen-bond acceptors (Lipinski definition) is 4. The molecule has 1 saturated carbocycles. The van der Waals surface area contributed by atoms with E-state index in [2.05, 4.69) is 245 Å². The number of anilines is 6. The smallest absolute Gasteiger partial charge is 0.159 e. The van der Waals surface area contributed by atoms with E-state index in [1.54, 1.807) is 0 Å². The predicted molar refractivity (Wildman–Crippen MR) is 360 cm³/mol. The Hall–Kier alpha value is -8.86. The van der Waals surface area contributed by atoms with Gasteiger partial charge in [0.05, 0.1) is 22.7 Å². The molecule has 418 valence electrons. The highest BCUT2D eigenvalue weighted by atomic mass is 16.3. The van der Waals surface area contributed by atoms with Crippen molar-refractivity contribution in [3.8, 4) is 28.0 Å². The number of nitrogens with zero attached hydrogens (tertiary/aromatic N) is 2. The molecule has 1 N–H and O–H groups in total. The number of aromatic hydroxyl groups is 1. The first kappa shape index (κ1) is 54.4. The summed E-state index contributed by atoms with van der Waals surface area (Å²) in [5.41, 5.74) is 20.2. The van der Waals surface area contributed by atoms with E-state index in [-0.39, 0.29) is 5.75 Å². The summed E-state index contributed by atoms with van der Waals surface area (Å²) in [7, 11) is 0. The Morgan fingerprint density at radius 2 is 1.11 bits per heavy atom. The van der Waals surface area contributed by atoms with Crippen LogP contribution in [0.25, 0.3) is 82.1 Å². The maximum Gasteiger partial charge on any atom is 0.159 e. The van der Waals surface area contributed by atoms with Gasteiger partial charge >= 0.3 is 0 Å². The number of aryl methyl sites for hydroxylation is 3. The fourth-order valence-corrected chi connectivity index (χ4v) is 14.3. The summed E-state index contributed by atoms with van der Waals surface area (Å²) >= 11 is 0. The van der Waals surface area contributed by atoms with Gasteiger partial charge in [0.2, 0.25) is 0 Å². The molecule has 1 aliphatic rings. The van der Waals surface area contributed by atoms with Crippen LogP contribution in [0.2, 0.25) is 0 Å². The summed E-state index contributed by atoms with van der Waals surface area (Å²) in [5, 5.41) is 22.9. The molecule has 1 fully saturated rings. The molecule has 0 amide bonds. The molecule has 13 rings (SSSR count). The van der Waals surface area contributed by atoms with E-state index in [9.17, 15) is 5.11 Å². The van der Waals surface area contributed by atoms with Crippen LogP contribution in [-0.4, -0.2) is 5.11 Å². The van der Waals surface area contributed by atoms with Crippen LogP contribution < -0.4 is 9.80 Å². The number of para-hydroxylation sites is 3. The molecular formula is C80H76N2O2. The molecule has 84 heavy (non-hydrogen) atoms. The number of phenolic OH excluding ortho intramolecular Hbond substituents is 1. The molecule has 12 aromatic rings. The van der Waals surface area contributed by atoms with Gasteiger partial charge in [-0.05, 0) is 180 Å². The first-order valence-corrected chi connectivity index (χ1v) is 31.0. The van der Waals surface area contributed by atoms with E-state index in [4.69, 9.17) is 4.42 Å². The third-order valence-corrected chi connectivity index (χ3v) is 18.3. The Balaban J connectivity index is 1.12. The highest BCUT2D eigenvalue weighted by molar-refractivity contribution is 6.30. The number of furan rings is 1. The number of benzene rings is 11. The van der Waals surface area contributed by atoms with Gasteiger partial charge < -0.3 is 19.3 Å². The highest BCUT2D eigenvalue weighted by Gasteiger charge is 2.31. The lowest BCUT2D eigenvalue weighted by Gasteiger charge is -2.33. The maximum atomic E-state index is 13.2. The van der Waals surface area contributed by atoms with Crippen molar-refractivity contribution in [1.82, 2.24) is 0 Å². The number of phenols is 1. The maximum absolute atomic E-state index is 13.2. The van der Waals surface area contributed by atoms with Gasteiger partial charge in [-0.15, -0.1) is 0 Å². The zero-order valence-corrected chi connectivity index (χ0v) is 49.7. The quantitative estimate of drug-likeness (QED) is 0.0729. The van der Waals surface area contributed by atoms with Crippen molar-refractivity contribution in [2.45, 2.75) is 118 Å². The Bertz CT molecular complexity index is 4430. The summed E-state index contributed by atoms with van der Waals surface area (Å²) in [6.45, 7) is 17.7. The van der Waals surface area contributed by atoms with E-state index in [0.717, 1.165) is 134 Å². The molecule has 1 aliphatic carbocycles. The number of allylic oxidation sites excluding steroid dienone is 3. The Labute approximate surface area is 496 Å². The predicted octanol–water partition coefficient (Wildman–Crippen LogP) is 24.0. The van der Waals surface area contributed by atoms with Crippen molar-refractivity contribution in [2.75, 3.05) is 9.80 Å². The molecule has 0 bridgehead atoms. The average molecular weight is 1100 g/mol. The van der Waals surface area contributed by atoms with Gasteiger partial charge in [0.1, 0.15) is 11.3 Å². The van der Waals surface area contributed by atoms with Crippen LogP contribution >= 0.6 is 0 Å². The van der Waals surface area contributed by atoms with Crippen molar-refractivity contribution in [2.24, 2.45) is 0 Å². The number of fused-ring (bicyclic) bond motifs is 3. The molecule has 1 aromatic heterocycles. The van der Waals surface area contributed by atoms with E-state index in [1.807, 2.05) is 13.0 Å². The number of rotatable bonds is 17. The second-order valence-corrected chi connectivity index (χ2v) is 23.7. The minimum absolute atomic E-state index is 0.249. The van der Waals surface area contributed by atoms with Crippen molar-refractivity contribution in [1.29, 1.82) is 0 Å². The van der Waals surface area contributed by atoms with Crippen molar-refractivity contribution in [3.63, 3.8) is 0 Å². The molecule has 0 atom stereocenters. The number of hydrogen-bond donors (Lipinski definition) is 1. The van der Waals surface area contributed by atoms with Gasteiger partial charge in [0.25, 0.3) is 0 Å². The molecule has 0 aliphatic heterocycles. The summed E-state index contributed by atoms with van der Waals surface area (Å²) in [5.74, 6) is 0.963. The molecule has 0 spiro atoms. The third kappa shape index (κ3) is 9.60. The Morgan fingerprint density at radius 1 is 0.548 bits per heavy atom. The fraction of sp³-hybridized carbons (Fsp3) is 0.225. The van der Waals surface area contributed by atoms with Crippen LogP contribution in [0.1, 0.15) is 131 Å². The van der Waals surface area contributed by atoms with E-state index in [0.29, 0.717) is 11.8 Å². The molecule has 0 saturated heterocycles. The van der Waals surface area contributed by atoms with Crippen molar-refractivity contribution >= 4 is 94.0 Å². The topological polar surface area (TPSA) is 39.9 Å². The van der Waals surface area contributed by atoms with E-state index >= 15 is 0 Å². The normalized spacial score (nSPS) is 13.2. The van der Waals surface area contributed by atoms with Gasteiger partial charge in [-0.1, -0.05) is 216 Å². The molecule has 4 heteroatoms. The van der Waals surface area contributed by atoms with Crippen LogP contribution in [0.5, 0.6) is 5.75 Å². The van der Waals surface area contributed by atoms with Crippen molar-refractivity contribution in [3.05, 3.63) is 240 Å². The molecule has 0 radical (unpaired) electrons. The van der Waals surface area contributed by atoms with Gasteiger partial charge in [-0.3, -0.25) is 0 Å². The average Bonchev–Trinajstić information content (AvgIpc) is 0.936. The molecule has 4 nitrogen and oxygen atoms in total. The second-order valence-electron chi connectivity index (χ2n) is 23.7. The first-order chi connectivity index (χ1) is 41.2. The Kier molecular flexibility index (Phi) is 14.9. The first-order valence-electron chi connectivity index (χ1n) is 31.0. The SMILES string of the molecule is C=C(/C=C\C)c1cccc2c1oc1c(N(c3ccc(C)cc3)c3cc(C4CCCCC4)c4ccc5c(N(c6ccc(C)cc6)c6cccc(-c7cccc(-c8ccccc8CC)c7)c6O)cc(C(CCC)CCC)c6ccc3c4c65)cccc12. The third-order valence-electron chi connectivity index (χ3n) is 18.3. The lowest BCUT2D eigenvalue weighted by molar-refractivity contribution is 0.445. The van der Waals surface area contributed by atoms with Crippen LogP contribution in [0, 0.1) is 13.8 Å². The summed E-state index contributed by atoms with van der Waals surface area (Å²) in [6.07, 6.45) is 15.4. The van der Waals surface area contributed by atoms with E-state index < -0.39 is 0 Å². The van der Waals surface area contributed by atoms with Crippen LogP contribution in [0.3, 0.4) is 0 Å². The van der Waals surface area contributed by atoms with Gasteiger partial charge in [-0.2, -0.15) is 0 Å². The van der Waals surface area contributed by atoms with E-state index in [1.165, 1.54) is 79.6 Å². The summed E-state index contributed by atoms with van der Waals surface area (Å²) in [4.78, 5) is 4.86. The Morgan fingerprint density at radius 3 is 1.79 bits per heavy atom. The summed E-state index contributed by atoms with van der Waals surface area (Å²) in [6, 6.07) is 69.5. The fourth-order valence-electron chi connectivity index (χ4n) is 14.3. The molecule has 11 aromatic carbocycles. The van der Waals surface area contributed by atoms with Crippen LogP contribution in [0.4, 0.5) is 34.1 Å². The second kappa shape index (κ2) is 23.1. The largest absolute Gasteiger partial charge is 0.505 e. The highest BCUT2D eigenvalue weighted by Crippen LogP contribution is 2.55. The lowest BCUT2D eigenvalue weighted by Crippen LogP contribution is -2.14. The molecule has 0 unspecified atom stereocenters. The monoisotopic (exact) mass is 1100 g/mol. The zero-order valence-electron chi connectivity index (χ0n) is 49.7. The molecule has 1 heterocycles. The standard InChI is InChI=1S/C80H76N2O2/c1-8-21-53(7)61-30-18-32-66-67-33-20-35-73(80(67)84-79(61)66)82(60-42-38-52(6)39-43-60)75-50-71(56-25-13-12-14-26-56)65-45-46-68-74(49-70(55(22-9-2)23-10-3)64-44-47-69(75)77(65)76(64)68)81(59-40-36-51(5)37-41-59)72-34-19-31-63(78(72)83)58-28-17-27-57(48-58)62-29-16-15-24-54(62)11-4/h8,15-21,24,27-50,55-56,83H,7,9-14,22-23,25-26H2,1-6H3/b21-8-. The van der Waals surface area contributed by atoms with Gasteiger partial charge in [0.15, 0.2) is 5.58 Å².